The summed E-state index contributed by atoms with van der Waals surface area (Å²) in [5, 5.41) is 22.6. The van der Waals surface area contributed by atoms with E-state index >= 15 is 0 Å². The minimum absolute atomic E-state index is 0.00543. The van der Waals surface area contributed by atoms with Crippen LogP contribution in [0.4, 0.5) is 0 Å². The van der Waals surface area contributed by atoms with Gasteiger partial charge in [-0.3, -0.25) is 24.6 Å². The van der Waals surface area contributed by atoms with E-state index in [1.165, 1.54) is 0 Å². The fraction of sp³-hybridized carbons (Fsp3) is 0.633. The summed E-state index contributed by atoms with van der Waals surface area (Å²) in [5.41, 5.74) is 12.8. The van der Waals surface area contributed by atoms with E-state index in [1.54, 1.807) is 9.80 Å². The van der Waals surface area contributed by atoms with Crippen molar-refractivity contribution in [2.24, 2.45) is 17.4 Å². The topological polar surface area (TPSA) is 211 Å². The van der Waals surface area contributed by atoms with Crippen LogP contribution in [0, 0.1) is 11.3 Å². The number of benzene rings is 1. The first-order valence-corrected chi connectivity index (χ1v) is 15.7. The maximum atomic E-state index is 13.9. The molecule has 1 aromatic rings. The van der Waals surface area contributed by atoms with Crippen LogP contribution in [0.2, 0.25) is 0 Å². The minimum atomic E-state index is -1.11. The van der Waals surface area contributed by atoms with Gasteiger partial charge in [0.25, 0.3) is 0 Å². The third kappa shape index (κ3) is 10.2. The summed E-state index contributed by atoms with van der Waals surface area (Å²) >= 11 is 0. The van der Waals surface area contributed by atoms with Crippen molar-refractivity contribution in [2.45, 2.75) is 62.7 Å². The first-order chi connectivity index (χ1) is 21.2. The van der Waals surface area contributed by atoms with E-state index < -0.39 is 18.0 Å². The molecule has 10 N–H and O–H groups in total. The molecule has 4 atom stereocenters. The molecule has 1 saturated carbocycles. The lowest BCUT2D eigenvalue weighted by molar-refractivity contribution is -0.139. The lowest BCUT2D eigenvalue weighted by Crippen LogP contribution is -2.57. The molecular weight excluding hydrogens is 564 g/mol. The molecule has 0 radical (unpaired) electrons. The van der Waals surface area contributed by atoms with Crippen LogP contribution < -0.4 is 38.1 Å². The Balaban J connectivity index is 1.37. The molecular formula is C30H48N10O4. The molecule has 0 aromatic heterocycles. The van der Waals surface area contributed by atoms with Gasteiger partial charge >= 0.3 is 0 Å². The predicted molar refractivity (Wildman–Crippen MR) is 166 cm³/mol. The van der Waals surface area contributed by atoms with E-state index in [0.717, 1.165) is 44.3 Å². The molecule has 14 nitrogen and oxygen atoms in total. The highest BCUT2D eigenvalue weighted by molar-refractivity contribution is 5.93. The highest BCUT2D eigenvalue weighted by atomic mass is 16.2. The Hall–Kier alpha value is -3.75. The Morgan fingerprint density at radius 1 is 1.09 bits per heavy atom. The molecule has 44 heavy (non-hydrogen) atoms. The van der Waals surface area contributed by atoms with Crippen LogP contribution >= 0.6 is 0 Å². The van der Waals surface area contributed by atoms with Crippen LogP contribution in [-0.2, 0) is 25.6 Å². The smallest absolute Gasteiger partial charge is 0.245 e. The molecule has 1 aliphatic carbocycles. The van der Waals surface area contributed by atoms with Crippen LogP contribution in [0.15, 0.2) is 30.3 Å². The van der Waals surface area contributed by atoms with Gasteiger partial charge in [-0.25, -0.2) is 0 Å². The quantitative estimate of drug-likeness (QED) is 0.0847. The number of rotatable bonds is 14. The summed E-state index contributed by atoms with van der Waals surface area (Å²) in [4.78, 5) is 56.2. The average Bonchev–Trinajstić information content (AvgIpc) is 3.88. The second-order valence-corrected chi connectivity index (χ2v) is 12.0. The molecule has 4 rings (SSSR count). The van der Waals surface area contributed by atoms with Gasteiger partial charge in [0.05, 0.1) is 18.5 Å². The SMILES string of the molecule is N=C(N)N1CCC[C@@H](CNC(=O)C[C@H](NC(=O)[C@@H](N)Cc2ccccc2)C(=O)N(CCNC(=O)C2CNCCN2)C2CC2)C1. The van der Waals surface area contributed by atoms with Crippen molar-refractivity contribution in [3.63, 3.8) is 0 Å². The second kappa shape index (κ2) is 16.4. The number of nitrogens with zero attached hydrogens (tertiary/aromatic N) is 2. The number of piperidine rings is 1. The van der Waals surface area contributed by atoms with Crippen molar-refractivity contribution < 1.29 is 19.2 Å². The largest absolute Gasteiger partial charge is 0.370 e. The highest BCUT2D eigenvalue weighted by Crippen LogP contribution is 2.27. The number of carbonyl (C=O) groups is 4. The van der Waals surface area contributed by atoms with Gasteiger partial charge in [0, 0.05) is 58.4 Å². The molecule has 3 aliphatic rings. The average molecular weight is 613 g/mol. The van der Waals surface area contributed by atoms with Gasteiger partial charge in [-0.05, 0) is 43.6 Å². The van der Waals surface area contributed by atoms with Crippen LogP contribution in [0.25, 0.3) is 0 Å². The van der Waals surface area contributed by atoms with E-state index in [-0.39, 0.29) is 67.6 Å². The minimum Gasteiger partial charge on any atom is -0.370 e. The van der Waals surface area contributed by atoms with Gasteiger partial charge in [-0.15, -0.1) is 0 Å². The van der Waals surface area contributed by atoms with Crippen LogP contribution in [0.1, 0.15) is 37.7 Å². The zero-order valence-corrected chi connectivity index (χ0v) is 25.4. The number of hydrogen-bond acceptors (Lipinski definition) is 8. The third-order valence-electron chi connectivity index (χ3n) is 8.37. The Labute approximate surface area is 258 Å². The van der Waals surface area contributed by atoms with Gasteiger partial charge in [0.1, 0.15) is 6.04 Å². The van der Waals surface area contributed by atoms with E-state index in [2.05, 4.69) is 26.6 Å². The van der Waals surface area contributed by atoms with Crippen molar-refractivity contribution in [3.05, 3.63) is 35.9 Å². The molecule has 1 unspecified atom stereocenters. The van der Waals surface area contributed by atoms with E-state index in [1.807, 2.05) is 30.3 Å². The maximum Gasteiger partial charge on any atom is 0.245 e. The van der Waals surface area contributed by atoms with Gasteiger partial charge in [-0.2, -0.15) is 0 Å². The molecule has 1 aromatic carbocycles. The Bertz CT molecular complexity index is 1140. The number of guanidine groups is 1. The zero-order valence-electron chi connectivity index (χ0n) is 25.4. The number of piperazine rings is 1. The van der Waals surface area contributed by atoms with Crippen molar-refractivity contribution in [2.75, 3.05) is 52.4 Å². The summed E-state index contributed by atoms with van der Waals surface area (Å²) in [7, 11) is 0. The summed E-state index contributed by atoms with van der Waals surface area (Å²) < 4.78 is 0. The molecule has 2 saturated heterocycles. The number of nitrogens with one attached hydrogen (secondary N) is 6. The third-order valence-corrected chi connectivity index (χ3v) is 8.37. The Morgan fingerprint density at radius 2 is 1.86 bits per heavy atom. The lowest BCUT2D eigenvalue weighted by atomic mass is 9.98. The van der Waals surface area contributed by atoms with Gasteiger partial charge in [0.2, 0.25) is 23.6 Å². The lowest BCUT2D eigenvalue weighted by Gasteiger charge is -2.33. The van der Waals surface area contributed by atoms with Crippen molar-refractivity contribution in [1.29, 1.82) is 5.41 Å². The predicted octanol–water partition coefficient (Wildman–Crippen LogP) is -2.18. The van der Waals surface area contributed by atoms with Gasteiger partial charge in [0.15, 0.2) is 5.96 Å². The molecule has 14 heteroatoms. The first-order valence-electron chi connectivity index (χ1n) is 15.7. The molecule has 0 spiro atoms. The normalized spacial score (nSPS) is 21.4. The highest BCUT2D eigenvalue weighted by Gasteiger charge is 2.38. The van der Waals surface area contributed by atoms with Crippen molar-refractivity contribution in [1.82, 2.24) is 36.4 Å². The first kappa shape index (κ1) is 33.1. The fourth-order valence-electron chi connectivity index (χ4n) is 5.73. The summed E-state index contributed by atoms with van der Waals surface area (Å²) in [6, 6.07) is 7.03. The van der Waals surface area contributed by atoms with Crippen LogP contribution in [0.5, 0.6) is 0 Å². The van der Waals surface area contributed by atoms with Crippen LogP contribution in [0.3, 0.4) is 0 Å². The molecule has 2 aliphatic heterocycles. The van der Waals surface area contributed by atoms with Crippen LogP contribution in [-0.4, -0.2) is 116 Å². The van der Waals surface area contributed by atoms with Gasteiger partial charge in [-0.1, -0.05) is 30.3 Å². The molecule has 242 valence electrons. The molecule has 4 amide bonds. The summed E-state index contributed by atoms with van der Waals surface area (Å²) in [6.45, 7) is 4.26. The second-order valence-electron chi connectivity index (χ2n) is 12.0. The summed E-state index contributed by atoms with van der Waals surface area (Å²) in [6.07, 6.45) is 3.46. The molecule has 0 bridgehead atoms. The monoisotopic (exact) mass is 612 g/mol. The van der Waals surface area contributed by atoms with E-state index in [9.17, 15) is 19.2 Å². The number of amides is 4. The number of hydrogen-bond donors (Lipinski definition) is 8. The Kier molecular flexibility index (Phi) is 12.3. The molecule has 2 heterocycles. The zero-order chi connectivity index (χ0) is 31.5. The molecule has 3 fully saturated rings. The Morgan fingerprint density at radius 3 is 2.55 bits per heavy atom. The number of likely N-dealkylation sites (tertiary alicyclic amines) is 1. The number of carbonyl (C=O) groups excluding carboxylic acids is 4. The van der Waals surface area contributed by atoms with Crippen molar-refractivity contribution >= 4 is 29.6 Å². The fourth-order valence-corrected chi connectivity index (χ4v) is 5.73. The van der Waals surface area contributed by atoms with E-state index in [4.69, 9.17) is 16.9 Å². The van der Waals surface area contributed by atoms with E-state index in [0.29, 0.717) is 26.2 Å². The standard InChI is InChI=1S/C30H48N10O4/c31-23(15-20-5-2-1-3-6-20)27(42)38-24(16-26(41)37-17-21-7-4-13-39(19-21)30(32)33)29(44)40(22-8-9-22)14-12-36-28(43)25-18-34-10-11-35-25/h1-3,5-6,21-25,34-35H,4,7-19,31H2,(H3,32,33)(H,36,43)(H,37,41)(H,38,42)/t21-,23-,24-,25?/m0/s1. The maximum absolute atomic E-state index is 13.9. The number of nitrogens with two attached hydrogens (primary N) is 2. The van der Waals surface area contributed by atoms with Crippen molar-refractivity contribution in [3.8, 4) is 0 Å². The van der Waals surface area contributed by atoms with Gasteiger partial charge < -0.3 is 47.9 Å². The summed E-state index contributed by atoms with van der Waals surface area (Å²) in [5.74, 6) is -1.23.